The van der Waals surface area contributed by atoms with Gasteiger partial charge in [-0.2, -0.15) is 37.9 Å². The number of unbranched alkanes of at least 4 members (excludes halogenated alkanes) is 4. The molecule has 0 aromatic heterocycles. The first-order chi connectivity index (χ1) is 13.6. The molecule has 11 heteroatoms. The number of thiol groups is 3. The molecule has 0 aromatic rings. The molecule has 0 atom stereocenters. The zero-order valence-corrected chi connectivity index (χ0v) is 22.3. The Bertz CT molecular complexity index is 433. The maximum absolute atomic E-state index is 9.94. The van der Waals surface area contributed by atoms with Gasteiger partial charge in [0, 0.05) is 0 Å². The molecule has 0 unspecified atom stereocenters. The van der Waals surface area contributed by atoms with E-state index in [0.29, 0.717) is 6.42 Å². The van der Waals surface area contributed by atoms with E-state index in [1.165, 1.54) is 60.8 Å². The minimum absolute atomic E-state index is 0.531. The highest BCUT2D eigenvalue weighted by atomic mass is 32.1. The molecular weight excluding hydrogens is 464 g/mol. The SMILES string of the molecule is CC(C)(S)C(=O)O.CC(C)(S)C(=O)O.CC(C)(S)C(=O)O.CCCCCCCC(O)O. The number of hydrogen-bond donors (Lipinski definition) is 8. The lowest BCUT2D eigenvalue weighted by molar-refractivity contribution is -0.139. The van der Waals surface area contributed by atoms with Crippen molar-refractivity contribution in [3.63, 3.8) is 0 Å². The van der Waals surface area contributed by atoms with E-state index < -0.39 is 38.4 Å². The van der Waals surface area contributed by atoms with Gasteiger partial charge in [-0.05, 0) is 54.4 Å². The summed E-state index contributed by atoms with van der Waals surface area (Å²) in [6.07, 6.45) is 5.24. The molecule has 0 fully saturated rings. The fourth-order valence-electron chi connectivity index (χ4n) is 0.930. The first-order valence-electron chi connectivity index (χ1n) is 9.84. The zero-order chi connectivity index (χ0) is 26.1. The molecule has 0 aromatic carbocycles. The number of hydrogen-bond acceptors (Lipinski definition) is 8. The van der Waals surface area contributed by atoms with Crippen molar-refractivity contribution in [1.29, 1.82) is 0 Å². The first kappa shape index (κ1) is 37.7. The summed E-state index contributed by atoms with van der Waals surface area (Å²) < 4.78 is -2.67. The van der Waals surface area contributed by atoms with Crippen LogP contribution in [0.15, 0.2) is 0 Å². The Kier molecular flexibility index (Phi) is 23.0. The Hall–Kier alpha value is -0.620. The van der Waals surface area contributed by atoms with E-state index in [1.807, 2.05) is 0 Å². The van der Waals surface area contributed by atoms with Crippen molar-refractivity contribution >= 4 is 55.8 Å². The van der Waals surface area contributed by atoms with Gasteiger partial charge in [-0.25, -0.2) is 0 Å². The third-order valence-electron chi connectivity index (χ3n) is 3.14. The number of aliphatic hydroxyl groups is 2. The van der Waals surface area contributed by atoms with Crippen LogP contribution in [0.5, 0.6) is 0 Å². The highest BCUT2D eigenvalue weighted by molar-refractivity contribution is 7.83. The second kappa shape index (κ2) is 18.9. The Morgan fingerprint density at radius 3 is 1.03 bits per heavy atom. The topological polar surface area (TPSA) is 152 Å². The summed E-state index contributed by atoms with van der Waals surface area (Å²) in [5.41, 5.74) is 0. The second-order valence-electron chi connectivity index (χ2n) is 8.28. The van der Waals surface area contributed by atoms with Gasteiger partial charge in [0.2, 0.25) is 0 Å². The molecule has 8 nitrogen and oxygen atoms in total. The van der Waals surface area contributed by atoms with Crippen LogP contribution in [0.2, 0.25) is 0 Å². The summed E-state index contributed by atoms with van der Waals surface area (Å²) in [5, 5.41) is 41.4. The highest BCUT2D eigenvalue weighted by Gasteiger charge is 2.21. The van der Waals surface area contributed by atoms with Crippen LogP contribution in [0.3, 0.4) is 0 Å². The Labute approximate surface area is 203 Å². The normalized spacial score (nSPS) is 11.1. The van der Waals surface area contributed by atoms with Crippen molar-refractivity contribution in [2.75, 3.05) is 0 Å². The summed E-state index contributed by atoms with van der Waals surface area (Å²) in [7, 11) is 0. The largest absolute Gasteiger partial charge is 0.480 e. The van der Waals surface area contributed by atoms with Crippen LogP contribution in [0.25, 0.3) is 0 Å². The zero-order valence-electron chi connectivity index (χ0n) is 19.6. The lowest BCUT2D eigenvalue weighted by Gasteiger charge is -2.07. The molecule has 5 N–H and O–H groups in total. The molecule has 0 rings (SSSR count). The van der Waals surface area contributed by atoms with Crippen LogP contribution < -0.4 is 0 Å². The second-order valence-corrected chi connectivity index (χ2v) is 11.6. The van der Waals surface area contributed by atoms with Crippen molar-refractivity contribution < 1.29 is 39.9 Å². The van der Waals surface area contributed by atoms with Gasteiger partial charge in [0.05, 0.1) is 0 Å². The van der Waals surface area contributed by atoms with E-state index >= 15 is 0 Å². The van der Waals surface area contributed by atoms with E-state index in [2.05, 4.69) is 44.8 Å². The van der Waals surface area contributed by atoms with E-state index in [4.69, 9.17) is 25.5 Å². The van der Waals surface area contributed by atoms with Crippen molar-refractivity contribution in [2.45, 2.75) is 108 Å². The molecule has 0 bridgehead atoms. The van der Waals surface area contributed by atoms with Crippen molar-refractivity contribution in [1.82, 2.24) is 0 Å². The van der Waals surface area contributed by atoms with Crippen LogP contribution in [-0.4, -0.2) is 64.0 Å². The fraction of sp³-hybridized carbons (Fsp3) is 0.850. The first-order valence-corrected chi connectivity index (χ1v) is 11.2. The quantitative estimate of drug-likeness (QED) is 0.133. The minimum Gasteiger partial charge on any atom is -0.480 e. The maximum atomic E-state index is 9.94. The van der Waals surface area contributed by atoms with Gasteiger partial charge in [-0.15, -0.1) is 0 Å². The van der Waals surface area contributed by atoms with Crippen LogP contribution in [0, 0.1) is 0 Å². The fourth-order valence-corrected chi connectivity index (χ4v) is 0.930. The number of carboxylic acid groups (broad SMARTS) is 3. The van der Waals surface area contributed by atoms with Crippen molar-refractivity contribution in [3.8, 4) is 0 Å². The molecule has 188 valence electrons. The number of aliphatic hydroxyl groups excluding tert-OH is 1. The summed E-state index contributed by atoms with van der Waals surface area (Å²) in [6, 6.07) is 0. The number of aliphatic carboxylic acids is 3. The van der Waals surface area contributed by atoms with E-state index in [0.717, 1.165) is 12.8 Å². The van der Waals surface area contributed by atoms with E-state index in [-0.39, 0.29) is 0 Å². The van der Waals surface area contributed by atoms with Gasteiger partial charge in [-0.1, -0.05) is 32.6 Å². The number of carboxylic acids is 3. The number of rotatable bonds is 9. The third kappa shape index (κ3) is 37.1. The molecule has 0 aliphatic rings. The van der Waals surface area contributed by atoms with E-state index in [1.54, 1.807) is 0 Å². The van der Waals surface area contributed by atoms with Crippen molar-refractivity contribution in [2.24, 2.45) is 0 Å². The van der Waals surface area contributed by atoms with Gasteiger partial charge in [0.25, 0.3) is 0 Å². The summed E-state index contributed by atoms with van der Waals surface area (Å²) >= 11 is 11.2. The lowest BCUT2D eigenvalue weighted by Crippen LogP contribution is -2.23. The summed E-state index contributed by atoms with van der Waals surface area (Å²) in [4.78, 5) is 29.8. The molecule has 0 radical (unpaired) electrons. The minimum atomic E-state index is -1.10. The van der Waals surface area contributed by atoms with Crippen LogP contribution >= 0.6 is 37.9 Å². The summed E-state index contributed by atoms with van der Waals surface area (Å²) in [5.74, 6) is -2.68. The maximum Gasteiger partial charge on any atom is 0.318 e. The Morgan fingerprint density at radius 2 is 0.871 bits per heavy atom. The smallest absolute Gasteiger partial charge is 0.318 e. The Balaban J connectivity index is -0.000000159. The molecule has 0 heterocycles. The summed E-state index contributed by atoms with van der Waals surface area (Å²) in [6.45, 7) is 11.3. The predicted octanol–water partition coefficient (Wildman–Crippen LogP) is 4.00. The molecule has 31 heavy (non-hydrogen) atoms. The van der Waals surface area contributed by atoms with Gasteiger partial charge in [0.1, 0.15) is 14.2 Å². The molecule has 0 aliphatic carbocycles. The molecule has 0 saturated carbocycles. The molecule has 0 amide bonds. The average molecular weight is 507 g/mol. The molecule has 0 saturated heterocycles. The molecule has 0 spiro atoms. The third-order valence-corrected chi connectivity index (χ3v) is 3.71. The standard InChI is InChI=1S/C8H18O2.3C4H8O2S/c1-2-3-4-5-6-7-8(9)10;3*1-4(2,7)3(5)6/h8-10H,2-7H2,1H3;3*7H,1-2H3,(H,5,6). The highest BCUT2D eigenvalue weighted by Crippen LogP contribution is 2.11. The number of carbonyl (C=O) groups is 3. The van der Waals surface area contributed by atoms with Crippen LogP contribution in [-0.2, 0) is 14.4 Å². The van der Waals surface area contributed by atoms with E-state index in [9.17, 15) is 14.4 Å². The monoisotopic (exact) mass is 506 g/mol. The van der Waals surface area contributed by atoms with Crippen LogP contribution in [0.4, 0.5) is 0 Å². The predicted molar refractivity (Wildman–Crippen MR) is 134 cm³/mol. The van der Waals surface area contributed by atoms with Gasteiger partial charge in [-0.3, -0.25) is 14.4 Å². The lowest BCUT2D eigenvalue weighted by atomic mass is 10.1. The van der Waals surface area contributed by atoms with Gasteiger partial charge >= 0.3 is 17.9 Å². The molecular formula is C20H42O8S3. The van der Waals surface area contributed by atoms with Gasteiger partial charge < -0.3 is 25.5 Å². The van der Waals surface area contributed by atoms with Gasteiger partial charge in [0.15, 0.2) is 6.29 Å². The molecule has 0 aliphatic heterocycles. The van der Waals surface area contributed by atoms with Crippen molar-refractivity contribution in [3.05, 3.63) is 0 Å². The average Bonchev–Trinajstić information content (AvgIpc) is 2.53. The Morgan fingerprint density at radius 1 is 0.645 bits per heavy atom. The van der Waals surface area contributed by atoms with Crippen LogP contribution in [0.1, 0.15) is 87.0 Å².